The Morgan fingerprint density at radius 2 is 1.48 bits per heavy atom. The van der Waals surface area contributed by atoms with Crippen LogP contribution in [0, 0.1) is 0 Å². The van der Waals surface area contributed by atoms with Gasteiger partial charge < -0.3 is 14.9 Å². The van der Waals surface area contributed by atoms with Gasteiger partial charge >= 0.3 is 6.18 Å². The summed E-state index contributed by atoms with van der Waals surface area (Å²) in [4.78, 5) is 0. The molecule has 0 saturated carbocycles. The van der Waals surface area contributed by atoms with Crippen molar-refractivity contribution < 1.29 is 22.3 Å². The third-order valence-electron chi connectivity index (χ3n) is 4.86. The number of halogens is 3. The van der Waals surface area contributed by atoms with E-state index in [2.05, 4.69) is 0 Å². The van der Waals surface area contributed by atoms with E-state index in [1.807, 2.05) is 66.7 Å². The Balaban J connectivity index is 1.68. The molecular weight excluding hydrogens is 403 g/mol. The fourth-order valence-corrected chi connectivity index (χ4v) is 3.28. The maximum atomic E-state index is 12.8. The number of hydrogen-bond donors (Lipinski definition) is 1. The second kappa shape index (κ2) is 8.70. The summed E-state index contributed by atoms with van der Waals surface area (Å²) < 4.78 is 49.2. The fraction of sp³-hybridized carbons (Fsp3) is 0.120. The maximum absolute atomic E-state index is 12.8. The lowest BCUT2D eigenvalue weighted by Gasteiger charge is -2.14. The summed E-state index contributed by atoms with van der Waals surface area (Å²) in [7, 11) is 0. The Morgan fingerprint density at radius 1 is 0.774 bits per heavy atom. The number of furan rings is 1. The van der Waals surface area contributed by atoms with Crippen LogP contribution >= 0.6 is 0 Å². The standard InChI is InChI=1S/C25H20F3NO2/c26-25(27,28)16-31-24-12-20(10-11-22(24)19-4-2-1-3-5-19)23-13-21(15-30-23)18-8-6-17(14-29)7-9-18/h1-13,15H,14,16,29H2. The molecule has 0 bridgehead atoms. The highest BCUT2D eigenvalue weighted by Gasteiger charge is 2.29. The van der Waals surface area contributed by atoms with Crippen molar-refractivity contribution in [3.63, 3.8) is 0 Å². The Labute approximate surface area is 177 Å². The minimum Gasteiger partial charge on any atom is -0.483 e. The minimum absolute atomic E-state index is 0.145. The van der Waals surface area contributed by atoms with E-state index in [-0.39, 0.29) is 5.75 Å². The molecule has 0 saturated heterocycles. The summed E-state index contributed by atoms with van der Waals surface area (Å²) in [6, 6.07) is 23.9. The second-order valence-corrected chi connectivity index (χ2v) is 7.08. The molecule has 2 N–H and O–H groups in total. The highest BCUT2D eigenvalue weighted by atomic mass is 19.4. The summed E-state index contributed by atoms with van der Waals surface area (Å²) in [5.41, 5.74) is 10.5. The molecule has 1 aromatic heterocycles. The fourth-order valence-electron chi connectivity index (χ4n) is 3.28. The van der Waals surface area contributed by atoms with Gasteiger partial charge in [0, 0.05) is 23.2 Å². The summed E-state index contributed by atoms with van der Waals surface area (Å²) in [6.07, 6.45) is -2.81. The molecule has 0 aliphatic carbocycles. The molecule has 0 amide bonds. The normalized spacial score (nSPS) is 11.5. The lowest BCUT2D eigenvalue weighted by Crippen LogP contribution is -2.19. The highest BCUT2D eigenvalue weighted by Crippen LogP contribution is 2.37. The van der Waals surface area contributed by atoms with E-state index in [0.717, 1.165) is 22.3 Å². The molecule has 6 heteroatoms. The van der Waals surface area contributed by atoms with Crippen LogP contribution in [-0.2, 0) is 6.54 Å². The van der Waals surface area contributed by atoms with E-state index in [1.54, 1.807) is 18.4 Å². The molecule has 3 nitrogen and oxygen atoms in total. The first-order valence-corrected chi connectivity index (χ1v) is 9.70. The molecule has 0 fully saturated rings. The number of hydrogen-bond acceptors (Lipinski definition) is 3. The van der Waals surface area contributed by atoms with Gasteiger partial charge in [-0.25, -0.2) is 0 Å². The SMILES string of the molecule is NCc1ccc(-c2coc(-c3ccc(-c4ccccc4)c(OCC(F)(F)F)c3)c2)cc1. The van der Waals surface area contributed by atoms with Crippen molar-refractivity contribution in [1.29, 1.82) is 0 Å². The topological polar surface area (TPSA) is 48.4 Å². The van der Waals surface area contributed by atoms with Crippen molar-refractivity contribution in [2.75, 3.05) is 6.61 Å². The second-order valence-electron chi connectivity index (χ2n) is 7.08. The van der Waals surface area contributed by atoms with Crippen LogP contribution in [0.25, 0.3) is 33.6 Å². The smallest absolute Gasteiger partial charge is 0.422 e. The zero-order chi connectivity index (χ0) is 21.8. The molecule has 0 unspecified atom stereocenters. The van der Waals surface area contributed by atoms with Crippen LogP contribution in [0.15, 0.2) is 89.5 Å². The molecule has 31 heavy (non-hydrogen) atoms. The molecule has 0 radical (unpaired) electrons. The van der Waals surface area contributed by atoms with Crippen molar-refractivity contribution in [2.45, 2.75) is 12.7 Å². The molecule has 0 aliphatic heterocycles. The van der Waals surface area contributed by atoms with Gasteiger partial charge in [-0.3, -0.25) is 0 Å². The highest BCUT2D eigenvalue weighted by molar-refractivity contribution is 5.77. The van der Waals surface area contributed by atoms with Gasteiger partial charge in [-0.1, -0.05) is 60.7 Å². The maximum Gasteiger partial charge on any atom is 0.422 e. The monoisotopic (exact) mass is 423 g/mol. The van der Waals surface area contributed by atoms with Crippen molar-refractivity contribution in [3.05, 3.63) is 90.7 Å². The molecule has 0 aliphatic rings. The molecule has 4 aromatic rings. The summed E-state index contributed by atoms with van der Waals surface area (Å²) in [5.74, 6) is 0.681. The van der Waals surface area contributed by atoms with Crippen LogP contribution < -0.4 is 10.5 Å². The van der Waals surface area contributed by atoms with Crippen LogP contribution in [-0.4, -0.2) is 12.8 Å². The van der Waals surface area contributed by atoms with E-state index in [0.29, 0.717) is 23.4 Å². The molecule has 158 valence electrons. The zero-order valence-electron chi connectivity index (χ0n) is 16.5. The Bertz CT molecular complexity index is 1150. The van der Waals surface area contributed by atoms with Crippen molar-refractivity contribution in [1.82, 2.24) is 0 Å². The predicted octanol–water partition coefficient (Wildman–Crippen LogP) is 6.68. The summed E-state index contributed by atoms with van der Waals surface area (Å²) in [5, 5.41) is 0. The van der Waals surface area contributed by atoms with Gasteiger partial charge in [0.15, 0.2) is 6.61 Å². The van der Waals surface area contributed by atoms with Crippen LogP contribution in [0.4, 0.5) is 13.2 Å². The van der Waals surface area contributed by atoms with Gasteiger partial charge in [-0.05, 0) is 34.9 Å². The molecule has 0 atom stereocenters. The largest absolute Gasteiger partial charge is 0.483 e. The van der Waals surface area contributed by atoms with E-state index >= 15 is 0 Å². The molecule has 4 rings (SSSR count). The van der Waals surface area contributed by atoms with Crippen molar-refractivity contribution >= 4 is 0 Å². The quantitative estimate of drug-likeness (QED) is 0.376. The molecule has 0 spiro atoms. The average Bonchev–Trinajstić information content (AvgIpc) is 3.28. The van der Waals surface area contributed by atoms with Crippen LogP contribution in [0.2, 0.25) is 0 Å². The van der Waals surface area contributed by atoms with Gasteiger partial charge in [0.05, 0.1) is 6.26 Å². The number of ether oxygens (including phenoxy) is 1. The first-order valence-electron chi connectivity index (χ1n) is 9.70. The Morgan fingerprint density at radius 3 is 2.16 bits per heavy atom. The van der Waals surface area contributed by atoms with Gasteiger partial charge in [0.1, 0.15) is 11.5 Å². The number of nitrogens with two attached hydrogens (primary N) is 1. The summed E-state index contributed by atoms with van der Waals surface area (Å²) >= 11 is 0. The Kier molecular flexibility index (Phi) is 5.82. The van der Waals surface area contributed by atoms with Gasteiger partial charge in [-0.15, -0.1) is 0 Å². The van der Waals surface area contributed by atoms with Gasteiger partial charge in [0.25, 0.3) is 0 Å². The molecular formula is C25H20F3NO2. The lowest BCUT2D eigenvalue weighted by atomic mass is 10.0. The summed E-state index contributed by atoms with van der Waals surface area (Å²) in [6.45, 7) is -0.904. The van der Waals surface area contributed by atoms with E-state index in [4.69, 9.17) is 14.9 Å². The van der Waals surface area contributed by atoms with Crippen LogP contribution in [0.3, 0.4) is 0 Å². The van der Waals surface area contributed by atoms with Gasteiger partial charge in [0.2, 0.25) is 0 Å². The zero-order valence-corrected chi connectivity index (χ0v) is 16.5. The third kappa shape index (κ3) is 4.98. The van der Waals surface area contributed by atoms with Crippen molar-refractivity contribution in [3.8, 4) is 39.3 Å². The van der Waals surface area contributed by atoms with Gasteiger partial charge in [-0.2, -0.15) is 13.2 Å². The predicted molar refractivity (Wildman–Crippen MR) is 114 cm³/mol. The lowest BCUT2D eigenvalue weighted by molar-refractivity contribution is -0.153. The number of rotatable bonds is 6. The first kappa shape index (κ1) is 20.8. The van der Waals surface area contributed by atoms with E-state index in [1.165, 1.54) is 0 Å². The average molecular weight is 423 g/mol. The molecule has 1 heterocycles. The molecule has 3 aromatic carbocycles. The van der Waals surface area contributed by atoms with Crippen LogP contribution in [0.1, 0.15) is 5.56 Å². The number of benzene rings is 3. The van der Waals surface area contributed by atoms with Crippen molar-refractivity contribution in [2.24, 2.45) is 5.73 Å². The number of alkyl halides is 3. The van der Waals surface area contributed by atoms with E-state index in [9.17, 15) is 13.2 Å². The van der Waals surface area contributed by atoms with Crippen LogP contribution in [0.5, 0.6) is 5.75 Å². The third-order valence-corrected chi connectivity index (χ3v) is 4.86. The first-order chi connectivity index (χ1) is 14.9. The van der Waals surface area contributed by atoms with E-state index < -0.39 is 12.8 Å². The minimum atomic E-state index is -4.43. The Hall–Kier alpha value is -3.51.